The molecule has 156 valence electrons. The molecule has 0 bridgehead atoms. The Hall–Kier alpha value is -3.42. The fourth-order valence-corrected chi connectivity index (χ4v) is 3.95. The summed E-state index contributed by atoms with van der Waals surface area (Å²) in [7, 11) is 0. The van der Waals surface area contributed by atoms with Crippen LogP contribution >= 0.6 is 0 Å². The van der Waals surface area contributed by atoms with Crippen molar-refractivity contribution in [1.29, 1.82) is 0 Å². The van der Waals surface area contributed by atoms with Crippen molar-refractivity contribution < 1.29 is 23.5 Å². The van der Waals surface area contributed by atoms with Crippen LogP contribution in [0.15, 0.2) is 48.5 Å². The summed E-state index contributed by atoms with van der Waals surface area (Å²) in [6, 6.07) is 10.8. The number of ether oxygens (including phenoxy) is 1. The zero-order chi connectivity index (χ0) is 21.3. The second-order valence-electron chi connectivity index (χ2n) is 7.64. The van der Waals surface area contributed by atoms with Gasteiger partial charge in [0.25, 0.3) is 5.91 Å². The molecule has 2 N–H and O–H groups in total. The van der Waals surface area contributed by atoms with Crippen LogP contribution in [0, 0.1) is 5.82 Å². The van der Waals surface area contributed by atoms with Gasteiger partial charge in [0.2, 0.25) is 5.91 Å². The van der Waals surface area contributed by atoms with E-state index in [1.54, 1.807) is 36.4 Å². The van der Waals surface area contributed by atoms with Crippen molar-refractivity contribution >= 4 is 23.5 Å². The first-order valence-corrected chi connectivity index (χ1v) is 9.88. The Morgan fingerprint density at radius 3 is 2.50 bits per heavy atom. The number of carbonyl (C=O) groups is 3. The molecule has 2 aromatic carbocycles. The van der Waals surface area contributed by atoms with Crippen molar-refractivity contribution in [3.05, 3.63) is 54.3 Å². The quantitative estimate of drug-likeness (QED) is 0.733. The first kappa shape index (κ1) is 19.9. The number of nitrogens with one attached hydrogen (secondary N) is 2. The number of imide groups is 1. The molecular weight excluding hydrogens is 389 g/mol. The van der Waals surface area contributed by atoms with Crippen molar-refractivity contribution in [2.75, 3.05) is 5.32 Å². The highest BCUT2D eigenvalue weighted by atomic mass is 19.1. The molecular formula is C22H22FN3O4. The van der Waals surface area contributed by atoms with E-state index in [-0.39, 0.29) is 5.91 Å². The molecule has 1 aliphatic heterocycles. The Kier molecular flexibility index (Phi) is 5.15. The van der Waals surface area contributed by atoms with Crippen LogP contribution in [-0.2, 0) is 9.59 Å². The number of rotatable bonds is 5. The standard InChI is InChI=1S/C22H22FN3O4/c1-14(26-20(28)22(25-21(26)29)11-2-3-12-22)19(27)24-16-7-9-17(10-8-16)30-18-6-4-5-15(23)13-18/h4-10,13-14H,2-3,11-12H2,1H3,(H,24,27)(H,25,29). The van der Waals surface area contributed by atoms with Crippen LogP contribution in [0.5, 0.6) is 11.5 Å². The van der Waals surface area contributed by atoms with Crippen molar-refractivity contribution in [3.63, 3.8) is 0 Å². The average Bonchev–Trinajstić information content (AvgIpc) is 3.28. The molecule has 2 aliphatic rings. The number of carbonyl (C=O) groups excluding carboxylic acids is 3. The number of hydrogen-bond acceptors (Lipinski definition) is 4. The molecule has 1 atom stereocenters. The summed E-state index contributed by atoms with van der Waals surface area (Å²) in [4.78, 5) is 38.8. The van der Waals surface area contributed by atoms with Gasteiger partial charge in [-0.3, -0.25) is 9.59 Å². The summed E-state index contributed by atoms with van der Waals surface area (Å²) < 4.78 is 18.8. The van der Waals surface area contributed by atoms with Gasteiger partial charge in [-0.2, -0.15) is 0 Å². The normalized spacial score (nSPS) is 18.4. The van der Waals surface area contributed by atoms with E-state index in [0.29, 0.717) is 30.0 Å². The minimum Gasteiger partial charge on any atom is -0.457 e. The number of nitrogens with zero attached hydrogens (tertiary/aromatic N) is 1. The third-order valence-corrected chi connectivity index (χ3v) is 5.57. The van der Waals surface area contributed by atoms with Crippen LogP contribution in [-0.4, -0.2) is 34.3 Å². The van der Waals surface area contributed by atoms with Crippen LogP contribution in [0.2, 0.25) is 0 Å². The number of halogens is 1. The minimum absolute atomic E-state index is 0.327. The van der Waals surface area contributed by atoms with Crippen molar-refractivity contribution in [2.45, 2.75) is 44.2 Å². The molecule has 1 saturated heterocycles. The molecule has 0 aromatic heterocycles. The van der Waals surface area contributed by atoms with Crippen LogP contribution in [0.25, 0.3) is 0 Å². The van der Waals surface area contributed by atoms with Crippen LogP contribution in [0.1, 0.15) is 32.6 Å². The largest absolute Gasteiger partial charge is 0.457 e. The van der Waals surface area contributed by atoms with Gasteiger partial charge in [0.05, 0.1) is 0 Å². The Morgan fingerprint density at radius 1 is 1.13 bits per heavy atom. The molecule has 4 rings (SSSR count). The fourth-order valence-electron chi connectivity index (χ4n) is 3.95. The van der Waals surface area contributed by atoms with Crippen molar-refractivity contribution in [3.8, 4) is 11.5 Å². The second kappa shape index (κ2) is 7.78. The van der Waals surface area contributed by atoms with Gasteiger partial charge in [0.1, 0.15) is 28.9 Å². The maximum atomic E-state index is 13.2. The highest BCUT2D eigenvalue weighted by Gasteiger charge is 2.54. The van der Waals surface area contributed by atoms with Crippen LogP contribution in [0.3, 0.4) is 0 Å². The zero-order valence-electron chi connectivity index (χ0n) is 16.5. The van der Waals surface area contributed by atoms with Gasteiger partial charge in [-0.05, 0) is 56.2 Å². The van der Waals surface area contributed by atoms with E-state index in [1.165, 1.54) is 19.1 Å². The second-order valence-corrected chi connectivity index (χ2v) is 7.64. The molecule has 1 heterocycles. The van der Waals surface area contributed by atoms with E-state index in [0.717, 1.165) is 17.7 Å². The monoisotopic (exact) mass is 411 g/mol. The van der Waals surface area contributed by atoms with E-state index >= 15 is 0 Å². The summed E-state index contributed by atoms with van der Waals surface area (Å²) in [5.41, 5.74) is -0.359. The average molecular weight is 411 g/mol. The van der Waals surface area contributed by atoms with Crippen molar-refractivity contribution in [1.82, 2.24) is 10.2 Å². The predicted molar refractivity (Wildman–Crippen MR) is 108 cm³/mol. The number of hydrogen-bond donors (Lipinski definition) is 2. The lowest BCUT2D eigenvalue weighted by Gasteiger charge is -2.23. The summed E-state index contributed by atoms with van der Waals surface area (Å²) >= 11 is 0. The van der Waals surface area contributed by atoms with Gasteiger partial charge in [-0.15, -0.1) is 0 Å². The lowest BCUT2D eigenvalue weighted by atomic mass is 9.97. The number of amides is 4. The Labute approximate surface area is 173 Å². The fraction of sp³-hybridized carbons (Fsp3) is 0.318. The molecule has 30 heavy (non-hydrogen) atoms. The maximum Gasteiger partial charge on any atom is 0.325 e. The molecule has 1 spiro atoms. The molecule has 0 radical (unpaired) electrons. The lowest BCUT2D eigenvalue weighted by molar-refractivity contribution is -0.136. The zero-order valence-corrected chi connectivity index (χ0v) is 16.5. The third-order valence-electron chi connectivity index (χ3n) is 5.57. The number of benzene rings is 2. The van der Waals surface area contributed by atoms with E-state index in [1.807, 2.05) is 0 Å². The Balaban J connectivity index is 1.40. The van der Waals surface area contributed by atoms with E-state index in [9.17, 15) is 18.8 Å². The highest BCUT2D eigenvalue weighted by molar-refractivity contribution is 6.11. The van der Waals surface area contributed by atoms with Gasteiger partial charge in [0.15, 0.2) is 0 Å². The van der Waals surface area contributed by atoms with E-state index in [2.05, 4.69) is 10.6 Å². The predicted octanol–water partition coefficient (Wildman–Crippen LogP) is 3.81. The molecule has 1 saturated carbocycles. The summed E-state index contributed by atoms with van der Waals surface area (Å²) in [5, 5.41) is 5.49. The Morgan fingerprint density at radius 2 is 1.83 bits per heavy atom. The minimum atomic E-state index is -0.944. The first-order chi connectivity index (χ1) is 14.4. The van der Waals surface area contributed by atoms with Gasteiger partial charge in [0, 0.05) is 11.8 Å². The van der Waals surface area contributed by atoms with Gasteiger partial charge < -0.3 is 15.4 Å². The molecule has 1 unspecified atom stereocenters. The maximum absolute atomic E-state index is 13.2. The third kappa shape index (κ3) is 3.72. The molecule has 1 aliphatic carbocycles. The van der Waals surface area contributed by atoms with E-state index in [4.69, 9.17) is 4.74 Å². The molecule has 2 fully saturated rings. The van der Waals surface area contributed by atoms with Crippen LogP contribution in [0.4, 0.5) is 14.9 Å². The van der Waals surface area contributed by atoms with Gasteiger partial charge >= 0.3 is 6.03 Å². The number of anilines is 1. The van der Waals surface area contributed by atoms with E-state index < -0.39 is 29.3 Å². The van der Waals surface area contributed by atoms with Gasteiger partial charge in [-0.1, -0.05) is 18.9 Å². The smallest absolute Gasteiger partial charge is 0.325 e. The SMILES string of the molecule is CC(C(=O)Nc1ccc(Oc2cccc(F)c2)cc1)N1C(=O)NC2(CCCC2)C1=O. The molecule has 2 aromatic rings. The van der Waals surface area contributed by atoms with Crippen molar-refractivity contribution in [2.24, 2.45) is 0 Å². The Bertz CT molecular complexity index is 986. The summed E-state index contributed by atoms with van der Waals surface area (Å²) in [6.07, 6.45) is 2.97. The lowest BCUT2D eigenvalue weighted by Crippen LogP contribution is -2.48. The van der Waals surface area contributed by atoms with Gasteiger partial charge in [-0.25, -0.2) is 14.1 Å². The molecule has 7 nitrogen and oxygen atoms in total. The molecule has 4 amide bonds. The van der Waals surface area contributed by atoms with Crippen LogP contribution < -0.4 is 15.4 Å². The summed E-state index contributed by atoms with van der Waals surface area (Å²) in [6.45, 7) is 1.53. The summed E-state index contributed by atoms with van der Waals surface area (Å²) in [5.74, 6) is -0.354. The molecule has 8 heteroatoms. The topological polar surface area (TPSA) is 87.7 Å². The number of urea groups is 1. The first-order valence-electron chi connectivity index (χ1n) is 9.88. The highest BCUT2D eigenvalue weighted by Crippen LogP contribution is 2.36.